The van der Waals surface area contributed by atoms with Crippen LogP contribution < -0.4 is 21.7 Å². The molecule has 4 aromatic carbocycles. The molecule has 19 rings (SSSR count). The molecular weight excluding hydrogens is 1550 g/mol. The minimum atomic E-state index is -0.230. The van der Waals surface area contributed by atoms with E-state index in [4.69, 9.17) is 9.97 Å². The van der Waals surface area contributed by atoms with Crippen molar-refractivity contribution in [2.24, 2.45) is 23.7 Å². The molecular formula is C103H117N13O8. The number of hydrogen-bond donors (Lipinski definition) is 0. The maximum absolute atomic E-state index is 13.4. The Morgan fingerprint density at radius 2 is 0.710 bits per heavy atom. The van der Waals surface area contributed by atoms with Crippen LogP contribution in [0.5, 0.6) is 0 Å². The number of amides is 4. The summed E-state index contributed by atoms with van der Waals surface area (Å²) < 4.78 is 7.80. The third-order valence-electron chi connectivity index (χ3n) is 26.9. The minimum absolute atomic E-state index is 0.126. The van der Waals surface area contributed by atoms with Crippen LogP contribution in [0, 0.1) is 23.7 Å². The summed E-state index contributed by atoms with van der Waals surface area (Å²) in [6, 6.07) is 44.4. The van der Waals surface area contributed by atoms with Gasteiger partial charge in [-0.2, -0.15) is 0 Å². The second kappa shape index (κ2) is 38.5. The van der Waals surface area contributed by atoms with Gasteiger partial charge >= 0.3 is 0 Å². The van der Waals surface area contributed by atoms with Gasteiger partial charge in [0.25, 0.3) is 23.6 Å². The summed E-state index contributed by atoms with van der Waals surface area (Å²) in [6.07, 6.45) is 30.7. The van der Waals surface area contributed by atoms with E-state index in [1.807, 2.05) is 119 Å². The summed E-state index contributed by atoms with van der Waals surface area (Å²) in [5.74, 6) is 1.42. The van der Waals surface area contributed by atoms with Crippen LogP contribution in [0.25, 0.3) is 44.0 Å². The van der Waals surface area contributed by atoms with Gasteiger partial charge in [0.1, 0.15) is 39.1 Å². The van der Waals surface area contributed by atoms with Gasteiger partial charge in [0.05, 0.1) is 28.0 Å². The number of piperazine rings is 1. The van der Waals surface area contributed by atoms with Gasteiger partial charge in [0.2, 0.25) is 21.7 Å². The summed E-state index contributed by atoms with van der Waals surface area (Å²) in [4.78, 5) is 134. The van der Waals surface area contributed by atoms with Crippen molar-refractivity contribution in [2.45, 2.75) is 183 Å². The van der Waals surface area contributed by atoms with Gasteiger partial charge in [0.15, 0.2) is 0 Å². The van der Waals surface area contributed by atoms with Crippen molar-refractivity contribution in [1.29, 1.82) is 0 Å². The number of likely N-dealkylation sites (tertiary alicyclic amines) is 2. The lowest BCUT2D eigenvalue weighted by Gasteiger charge is -2.32. The molecule has 0 bridgehead atoms. The van der Waals surface area contributed by atoms with Crippen molar-refractivity contribution in [3.63, 3.8) is 0 Å². The van der Waals surface area contributed by atoms with Crippen LogP contribution in [0.3, 0.4) is 0 Å². The van der Waals surface area contributed by atoms with Gasteiger partial charge in [-0.05, 0) is 274 Å². The summed E-state index contributed by atoms with van der Waals surface area (Å²) in [5.41, 5.74) is 19.0. The zero-order valence-electron chi connectivity index (χ0n) is 73.2. The molecule has 642 valence electrons. The molecule has 0 unspecified atom stereocenters. The number of fused-ring (bicyclic) bond motifs is 8. The third kappa shape index (κ3) is 18.5. The molecule has 21 nitrogen and oxygen atoms in total. The number of piperidine rings is 2. The average Bonchev–Trinajstić information content (AvgIpc) is 1.17. The lowest BCUT2D eigenvalue weighted by Crippen LogP contribution is -2.48. The highest BCUT2D eigenvalue weighted by molar-refractivity contribution is 6.00. The molecule has 3 saturated heterocycles. The Bertz CT molecular complexity index is 5970. The van der Waals surface area contributed by atoms with Crippen molar-refractivity contribution in [3.8, 4) is 0 Å². The van der Waals surface area contributed by atoms with Gasteiger partial charge < -0.3 is 42.8 Å². The number of rotatable bonds is 18. The molecule has 3 aliphatic heterocycles. The first-order chi connectivity index (χ1) is 60.3. The van der Waals surface area contributed by atoms with Crippen LogP contribution in [-0.2, 0) is 103 Å². The normalized spacial score (nSPS) is 16.0. The Kier molecular flexibility index (Phi) is 26.6. The number of aromatic nitrogens is 8. The molecule has 12 aromatic rings. The maximum atomic E-state index is 13.4. The minimum Gasteiger partial charge on any atom is -0.345 e. The lowest BCUT2D eigenvalue weighted by molar-refractivity contribution is 0.0660. The first-order valence-electron chi connectivity index (χ1n) is 45.6. The summed E-state index contributed by atoms with van der Waals surface area (Å²) in [5, 5.41) is 1.72. The van der Waals surface area contributed by atoms with Crippen LogP contribution in [0.2, 0.25) is 0 Å². The lowest BCUT2D eigenvalue weighted by atomic mass is 9.97. The van der Waals surface area contributed by atoms with Crippen LogP contribution in [-0.4, -0.2) is 159 Å². The Morgan fingerprint density at radius 3 is 1.12 bits per heavy atom. The van der Waals surface area contributed by atoms with E-state index in [0.29, 0.717) is 115 Å². The summed E-state index contributed by atoms with van der Waals surface area (Å²) >= 11 is 0. The van der Waals surface area contributed by atoms with E-state index >= 15 is 0 Å². The fourth-order valence-electron chi connectivity index (χ4n) is 20.2. The predicted molar refractivity (Wildman–Crippen MR) is 491 cm³/mol. The van der Waals surface area contributed by atoms with Crippen molar-refractivity contribution in [3.05, 3.63) is 301 Å². The maximum Gasteiger partial charge on any atom is 0.259 e. The molecule has 0 atom stereocenters. The number of carbonyl (C=O) groups is 4. The monoisotopic (exact) mass is 1660 g/mol. The van der Waals surface area contributed by atoms with E-state index in [-0.39, 0.29) is 62.0 Å². The van der Waals surface area contributed by atoms with E-state index in [2.05, 4.69) is 119 Å². The van der Waals surface area contributed by atoms with E-state index in [9.17, 15) is 38.4 Å². The highest BCUT2D eigenvalue weighted by atomic mass is 16.2. The number of hydrogen-bond acceptors (Lipinski definition) is 13. The zero-order chi connectivity index (χ0) is 86.2. The molecule has 0 N–H and O–H groups in total. The Hall–Kier alpha value is -11.8. The fourth-order valence-corrected chi connectivity index (χ4v) is 20.2. The Labute approximate surface area is 725 Å². The molecule has 3 fully saturated rings. The molecule has 21 heteroatoms. The second-order valence-electron chi connectivity index (χ2n) is 35.2. The molecule has 4 amide bonds. The number of nitrogens with zero attached hydrogens (tertiary/aromatic N) is 13. The predicted octanol–water partition coefficient (Wildman–Crippen LogP) is 14.6. The number of pyridine rings is 8. The molecule has 11 heterocycles. The Balaban J connectivity index is 0.000000122. The molecule has 4 aliphatic carbocycles. The highest BCUT2D eigenvalue weighted by Gasteiger charge is 2.32. The van der Waals surface area contributed by atoms with Gasteiger partial charge in [-0.25, -0.2) is 15.0 Å². The van der Waals surface area contributed by atoms with Crippen molar-refractivity contribution >= 4 is 67.6 Å². The molecule has 0 spiro atoms. The van der Waals surface area contributed by atoms with Crippen LogP contribution in [0.15, 0.2) is 190 Å². The Morgan fingerprint density at radius 1 is 0.355 bits per heavy atom. The zero-order valence-corrected chi connectivity index (χ0v) is 73.2. The largest absolute Gasteiger partial charge is 0.345 e. The number of benzene rings is 4. The van der Waals surface area contributed by atoms with Crippen LogP contribution in [0.1, 0.15) is 189 Å². The molecule has 0 radical (unpaired) electrons. The van der Waals surface area contributed by atoms with E-state index < -0.39 is 0 Å². The van der Waals surface area contributed by atoms with Crippen LogP contribution >= 0.6 is 0 Å². The summed E-state index contributed by atoms with van der Waals surface area (Å²) in [6.45, 7) is 21.7. The smallest absolute Gasteiger partial charge is 0.259 e. The summed E-state index contributed by atoms with van der Waals surface area (Å²) in [7, 11) is 2.05. The first-order valence-corrected chi connectivity index (χ1v) is 45.6. The van der Waals surface area contributed by atoms with Gasteiger partial charge in [0, 0.05) is 146 Å². The molecule has 0 saturated carbocycles. The molecule has 124 heavy (non-hydrogen) atoms. The van der Waals surface area contributed by atoms with E-state index in [1.54, 1.807) is 34.6 Å². The first kappa shape index (κ1) is 85.7. The van der Waals surface area contributed by atoms with Gasteiger partial charge in [-0.1, -0.05) is 97.1 Å². The molecule has 8 aromatic heterocycles. The number of carbonyl (C=O) groups excluding carboxylic acids is 4. The van der Waals surface area contributed by atoms with Gasteiger partial charge in [-0.15, -0.1) is 0 Å². The van der Waals surface area contributed by atoms with E-state index in [1.165, 1.54) is 44.5 Å². The second-order valence-corrected chi connectivity index (χ2v) is 35.2. The van der Waals surface area contributed by atoms with Crippen molar-refractivity contribution in [2.75, 3.05) is 72.5 Å². The van der Waals surface area contributed by atoms with Crippen molar-refractivity contribution < 1.29 is 19.2 Å². The van der Waals surface area contributed by atoms with E-state index in [0.717, 1.165) is 188 Å². The standard InChI is InChI=1S/C26H30N4O2.2C26H29N3O2.C25H29N3O2/c1-3-29-17-23(26(32)30-10-8-28(2)9-11-30)24(31)22-15-19(16-27-25(22)29)12-18-13-20-6-4-5-7-21(20)14-18;1-2-28-17-22(26(31)29-12-6-3-7-13-29)25(30)24-23(28)11-10-21(27-24)16-18-14-19-8-4-5-9-20(19)15-18;1-2-28-17-23(26(31)29-10-6-3-7-11-29)25(30)22-15-21(27-16-24(22)28)14-18-12-19-8-4-5-9-20(19)13-18;1-4-27(5-2)25(30)22-16-28(6-3)24-21(23(22)29)14-18(15-26-24)11-17-12-19-9-7-8-10-20(19)13-17/h4-7,15-18H,3,8-14H2,1-2H3;4-5,8-11,17-18H,2-3,6-7,12-16H2,1H3;4-5,8-9,15-18H,2-3,6-7,10-14H2,1H3;7-10,14-17H,4-6,11-13H2,1-3H3. The molecule has 7 aliphatic rings. The number of likely N-dealkylation sites (N-methyl/N-ethyl adjacent to an activating group) is 1. The third-order valence-corrected chi connectivity index (χ3v) is 26.9. The number of aryl methyl sites for hydroxylation is 4. The van der Waals surface area contributed by atoms with Crippen molar-refractivity contribution in [1.82, 2.24) is 62.7 Å². The quantitative estimate of drug-likeness (QED) is 0.0780. The van der Waals surface area contributed by atoms with Gasteiger partial charge in [-0.3, -0.25) is 43.3 Å². The highest BCUT2D eigenvalue weighted by Crippen LogP contribution is 2.35. The SMILES string of the molecule is CCN(CC)C(=O)c1cn(CC)c2ncc(CC3Cc4ccccc4C3)cc2c1=O.CCn1cc(C(=O)N2CCCCC2)c(=O)c2cc(CC3Cc4ccccc4C3)ncc21.CCn1cc(C(=O)N2CCCCC2)c(=O)c2nc(CC3Cc4ccccc4C3)ccc21.CCn1cc(C(=O)N2CCN(C)CC2)c(=O)c2cc(CC3Cc4ccccc4C3)cnc21. The topological polar surface area (TPSA) is 224 Å². The van der Waals surface area contributed by atoms with Crippen LogP contribution in [0.4, 0.5) is 0 Å². The average molecular weight is 1670 g/mol. The fraction of sp³-hybridized carbons (Fsp3) is 0.417.